The Bertz CT molecular complexity index is 1150. The fourth-order valence-corrected chi connectivity index (χ4v) is 5.60. The molecule has 3 N–H and O–H groups in total. The van der Waals surface area contributed by atoms with Crippen LogP contribution in [0.5, 0.6) is 0 Å². The number of aliphatic hydroxyl groups is 1. The number of hydrogen-bond donors (Lipinski definition) is 3. The van der Waals surface area contributed by atoms with Crippen molar-refractivity contribution in [3.05, 3.63) is 70.8 Å². The monoisotopic (exact) mass is 559 g/mol. The van der Waals surface area contributed by atoms with Crippen LogP contribution in [0, 0.1) is 11.6 Å². The third kappa shape index (κ3) is 7.63. The highest BCUT2D eigenvalue weighted by atomic mass is 19.1. The summed E-state index contributed by atoms with van der Waals surface area (Å²) in [4.78, 5) is 28.4. The predicted molar refractivity (Wildman–Crippen MR) is 146 cm³/mol. The number of benzene rings is 2. The molecule has 2 aliphatic rings. The topological polar surface area (TPSA) is 100 Å². The summed E-state index contributed by atoms with van der Waals surface area (Å²) in [5.74, 6) is -2.30. The molecule has 2 saturated heterocycles. The molecule has 8 nitrogen and oxygen atoms in total. The lowest BCUT2D eigenvalue weighted by molar-refractivity contribution is 0.0630. The van der Waals surface area contributed by atoms with E-state index in [-0.39, 0.29) is 35.2 Å². The molecule has 2 aromatic carbocycles. The van der Waals surface area contributed by atoms with Crippen LogP contribution >= 0.6 is 0 Å². The van der Waals surface area contributed by atoms with Gasteiger partial charge in [-0.1, -0.05) is 13.0 Å². The van der Waals surface area contributed by atoms with E-state index in [1.165, 1.54) is 6.07 Å². The zero-order valence-corrected chi connectivity index (χ0v) is 23.1. The third-order valence-electron chi connectivity index (χ3n) is 7.57. The molecule has 0 bridgehead atoms. The van der Waals surface area contributed by atoms with Crippen LogP contribution in [0.4, 0.5) is 8.78 Å². The first kappa shape index (κ1) is 30.0. The lowest BCUT2D eigenvalue weighted by Crippen LogP contribution is -2.43. The third-order valence-corrected chi connectivity index (χ3v) is 7.57. The van der Waals surface area contributed by atoms with Gasteiger partial charge in [0.1, 0.15) is 11.6 Å². The van der Waals surface area contributed by atoms with Crippen LogP contribution in [0.3, 0.4) is 0 Å². The minimum atomic E-state index is -1.37. The molecule has 0 aliphatic carbocycles. The van der Waals surface area contributed by atoms with E-state index in [2.05, 4.69) is 10.6 Å². The van der Waals surface area contributed by atoms with Crippen molar-refractivity contribution in [2.45, 2.75) is 69.4 Å². The normalized spacial score (nSPS) is 22.3. The second kappa shape index (κ2) is 14.1. The Hall–Kier alpha value is -2.92. The summed E-state index contributed by atoms with van der Waals surface area (Å²) in [5.41, 5.74) is 0.662. The number of amides is 2. The summed E-state index contributed by atoms with van der Waals surface area (Å²) in [6.45, 7) is 4.39. The van der Waals surface area contributed by atoms with Gasteiger partial charge >= 0.3 is 0 Å². The van der Waals surface area contributed by atoms with Crippen LogP contribution in [0.1, 0.15) is 71.4 Å². The summed E-state index contributed by atoms with van der Waals surface area (Å²) in [7, 11) is 1.61. The van der Waals surface area contributed by atoms with Crippen molar-refractivity contribution in [2.24, 2.45) is 0 Å². The molecule has 218 valence electrons. The maximum absolute atomic E-state index is 14.0. The maximum atomic E-state index is 14.0. The molecular formula is C30H39F2N3O5. The largest absolute Gasteiger partial charge is 0.386 e. The molecule has 1 unspecified atom stereocenters. The highest BCUT2D eigenvalue weighted by Crippen LogP contribution is 2.26. The maximum Gasteiger partial charge on any atom is 0.254 e. The van der Waals surface area contributed by atoms with Crippen molar-refractivity contribution in [1.29, 1.82) is 0 Å². The first-order valence-corrected chi connectivity index (χ1v) is 14.0. The number of carbonyl (C=O) groups is 2. The zero-order chi connectivity index (χ0) is 28.6. The molecule has 2 amide bonds. The van der Waals surface area contributed by atoms with Crippen LogP contribution in [0.15, 0.2) is 42.5 Å². The van der Waals surface area contributed by atoms with Crippen LogP contribution < -0.4 is 10.6 Å². The second-order valence-corrected chi connectivity index (χ2v) is 10.6. The van der Waals surface area contributed by atoms with Gasteiger partial charge in [0.25, 0.3) is 11.8 Å². The van der Waals surface area contributed by atoms with Crippen molar-refractivity contribution in [3.8, 4) is 0 Å². The van der Waals surface area contributed by atoms with E-state index < -0.39 is 29.7 Å². The van der Waals surface area contributed by atoms with Crippen LogP contribution in [-0.2, 0) is 9.47 Å². The van der Waals surface area contributed by atoms with Crippen LogP contribution in [-0.4, -0.2) is 79.5 Å². The standard InChI is InChI=1S/C30H39F2N3O5/c1-3-10-40-26-15-24(33-17-26)16-27(28(36)21-12-22(31)14-23(32)13-21)34-29(37)19-6-4-7-20(11-19)30(38)35-9-5-8-25(35)18-39-2/h4,6-7,11-14,24-28,33,36H,3,5,8-10,15-18H2,1-2H3,(H,34,37)/t24-,25+,26+,27-,28?/m0/s1. The van der Waals surface area contributed by atoms with Gasteiger partial charge in [-0.2, -0.15) is 0 Å². The van der Waals surface area contributed by atoms with E-state index in [1.54, 1.807) is 30.2 Å². The first-order valence-electron chi connectivity index (χ1n) is 14.0. The minimum Gasteiger partial charge on any atom is -0.386 e. The Morgan fingerprint density at radius 2 is 1.93 bits per heavy atom. The number of rotatable bonds is 12. The van der Waals surface area contributed by atoms with Gasteiger partial charge in [-0.3, -0.25) is 9.59 Å². The number of likely N-dealkylation sites (tertiary alicyclic amines) is 1. The van der Waals surface area contributed by atoms with Crippen molar-refractivity contribution < 1.29 is 33.0 Å². The molecule has 5 atom stereocenters. The number of halogens is 2. The smallest absolute Gasteiger partial charge is 0.254 e. The summed E-state index contributed by atoms with van der Waals surface area (Å²) in [5, 5.41) is 17.4. The number of ether oxygens (including phenoxy) is 2. The van der Waals surface area contributed by atoms with E-state index in [0.717, 1.165) is 37.5 Å². The van der Waals surface area contributed by atoms with Crippen molar-refractivity contribution >= 4 is 11.8 Å². The second-order valence-electron chi connectivity index (χ2n) is 10.6. The van der Waals surface area contributed by atoms with Crippen LogP contribution in [0.2, 0.25) is 0 Å². The first-order chi connectivity index (χ1) is 19.3. The minimum absolute atomic E-state index is 0.00906. The van der Waals surface area contributed by atoms with Gasteiger partial charge in [0.15, 0.2) is 0 Å². The Balaban J connectivity index is 1.51. The van der Waals surface area contributed by atoms with Crippen LogP contribution in [0.25, 0.3) is 0 Å². The van der Waals surface area contributed by atoms with Crippen molar-refractivity contribution in [3.63, 3.8) is 0 Å². The molecule has 2 aromatic rings. The lowest BCUT2D eigenvalue weighted by atomic mass is 9.94. The summed E-state index contributed by atoms with van der Waals surface area (Å²) in [6.07, 6.45) is 2.28. The van der Waals surface area contributed by atoms with E-state index in [0.29, 0.717) is 44.7 Å². The van der Waals surface area contributed by atoms with E-state index in [1.807, 2.05) is 6.92 Å². The Kier molecular flexibility index (Phi) is 10.6. The number of aliphatic hydroxyl groups excluding tert-OH is 1. The molecule has 0 aromatic heterocycles. The fourth-order valence-electron chi connectivity index (χ4n) is 5.60. The fraction of sp³-hybridized carbons (Fsp3) is 0.533. The van der Waals surface area contributed by atoms with Gasteiger partial charge in [-0.25, -0.2) is 8.78 Å². The highest BCUT2D eigenvalue weighted by molar-refractivity contribution is 6.00. The molecule has 2 heterocycles. The van der Waals surface area contributed by atoms with Crippen molar-refractivity contribution in [2.75, 3.05) is 33.4 Å². The van der Waals surface area contributed by atoms with Gasteiger partial charge in [0.2, 0.25) is 0 Å². The number of carbonyl (C=O) groups excluding carboxylic acids is 2. The average molecular weight is 560 g/mol. The molecule has 0 spiro atoms. The summed E-state index contributed by atoms with van der Waals surface area (Å²) >= 11 is 0. The van der Waals surface area contributed by atoms with Gasteiger partial charge in [0.05, 0.1) is 30.9 Å². The SMILES string of the molecule is CCCO[C@H]1CN[C@H](C[C@H](NC(=O)c2cccc(C(=O)N3CCC[C@@H]3COC)c2)C(O)c2cc(F)cc(F)c2)C1. The number of nitrogens with one attached hydrogen (secondary N) is 2. The number of nitrogens with zero attached hydrogens (tertiary/aromatic N) is 1. The molecule has 2 fully saturated rings. The van der Waals surface area contributed by atoms with Gasteiger partial charge in [-0.05, 0) is 68.0 Å². The quantitative estimate of drug-likeness (QED) is 0.368. The molecule has 40 heavy (non-hydrogen) atoms. The summed E-state index contributed by atoms with van der Waals surface area (Å²) in [6, 6.07) is 8.35. The average Bonchev–Trinajstić information content (AvgIpc) is 3.60. The summed E-state index contributed by atoms with van der Waals surface area (Å²) < 4.78 is 39.0. The van der Waals surface area contributed by atoms with Gasteiger partial charge in [0, 0.05) is 50.0 Å². The number of methoxy groups -OCH3 is 1. The van der Waals surface area contributed by atoms with E-state index >= 15 is 0 Å². The van der Waals surface area contributed by atoms with Gasteiger partial charge in [-0.15, -0.1) is 0 Å². The molecule has 0 radical (unpaired) electrons. The van der Waals surface area contributed by atoms with Gasteiger partial charge < -0.3 is 30.1 Å². The van der Waals surface area contributed by atoms with E-state index in [9.17, 15) is 23.5 Å². The number of hydrogen-bond acceptors (Lipinski definition) is 6. The molecule has 2 aliphatic heterocycles. The zero-order valence-electron chi connectivity index (χ0n) is 23.1. The van der Waals surface area contributed by atoms with Crippen molar-refractivity contribution in [1.82, 2.24) is 15.5 Å². The molecule has 10 heteroatoms. The molecular weight excluding hydrogens is 520 g/mol. The predicted octanol–water partition coefficient (Wildman–Crippen LogP) is 3.60. The lowest BCUT2D eigenvalue weighted by Gasteiger charge is -2.27. The Morgan fingerprint density at radius 3 is 2.65 bits per heavy atom. The van der Waals surface area contributed by atoms with E-state index in [4.69, 9.17) is 9.47 Å². The Labute approximate surface area is 234 Å². The molecule has 4 rings (SSSR count). The highest BCUT2D eigenvalue weighted by Gasteiger charge is 2.33. The Morgan fingerprint density at radius 1 is 1.18 bits per heavy atom. The molecule has 0 saturated carbocycles.